The van der Waals surface area contributed by atoms with E-state index in [-0.39, 0.29) is 6.61 Å². The maximum Gasteiger partial charge on any atom is 0.138 e. The van der Waals surface area contributed by atoms with Gasteiger partial charge in [-0.2, -0.15) is 0 Å². The molecular weight excluding hydrogens is 309 g/mol. The lowest BCUT2D eigenvalue weighted by Gasteiger charge is -2.14. The maximum absolute atomic E-state index is 9.88. The second kappa shape index (κ2) is 8.25. The molecule has 0 aliphatic rings. The van der Waals surface area contributed by atoms with Gasteiger partial charge in [-0.25, -0.2) is 0 Å². The fourth-order valence-electron chi connectivity index (χ4n) is 1.82. The minimum atomic E-state index is -0.611. The number of hydrogen-bond donors (Lipinski definition) is 2. The molecule has 2 N–H and O–H groups in total. The van der Waals surface area contributed by atoms with Crippen molar-refractivity contribution in [3.05, 3.63) is 64.1 Å². The molecule has 0 amide bonds. The molecule has 0 spiro atoms. The van der Waals surface area contributed by atoms with E-state index in [1.807, 2.05) is 30.3 Å². The molecule has 21 heavy (non-hydrogen) atoms. The van der Waals surface area contributed by atoms with Gasteiger partial charge in [-0.1, -0.05) is 53.5 Å². The fraction of sp³-hybridized carbons (Fsp3) is 0.250. The van der Waals surface area contributed by atoms with Gasteiger partial charge in [0.05, 0.1) is 5.02 Å². The molecule has 1 atom stereocenters. The first-order valence-corrected chi connectivity index (χ1v) is 7.41. The molecule has 0 aliphatic carbocycles. The van der Waals surface area contributed by atoms with Crippen molar-refractivity contribution in [1.29, 1.82) is 0 Å². The van der Waals surface area contributed by atoms with E-state index in [0.29, 0.717) is 28.9 Å². The lowest BCUT2D eigenvalue weighted by atomic mass is 10.2. The van der Waals surface area contributed by atoms with Gasteiger partial charge < -0.3 is 15.2 Å². The van der Waals surface area contributed by atoms with Gasteiger partial charge in [-0.05, 0) is 23.8 Å². The summed E-state index contributed by atoms with van der Waals surface area (Å²) in [6.07, 6.45) is -0.611. The van der Waals surface area contributed by atoms with Crippen molar-refractivity contribution in [3.8, 4) is 5.75 Å². The number of benzene rings is 2. The summed E-state index contributed by atoms with van der Waals surface area (Å²) >= 11 is 11.8. The van der Waals surface area contributed by atoms with Crippen molar-refractivity contribution in [2.45, 2.75) is 12.6 Å². The zero-order chi connectivity index (χ0) is 15.1. The normalized spacial score (nSPS) is 12.1. The van der Waals surface area contributed by atoms with E-state index in [1.54, 1.807) is 18.2 Å². The van der Waals surface area contributed by atoms with Gasteiger partial charge in [0.2, 0.25) is 0 Å². The Labute approximate surface area is 134 Å². The van der Waals surface area contributed by atoms with Gasteiger partial charge >= 0.3 is 0 Å². The summed E-state index contributed by atoms with van der Waals surface area (Å²) in [5.41, 5.74) is 1.17. The van der Waals surface area contributed by atoms with Crippen LogP contribution in [0.15, 0.2) is 48.5 Å². The minimum absolute atomic E-state index is 0.170. The van der Waals surface area contributed by atoms with Crippen LogP contribution in [-0.4, -0.2) is 24.4 Å². The average molecular weight is 326 g/mol. The highest BCUT2D eigenvalue weighted by Gasteiger charge is 2.07. The van der Waals surface area contributed by atoms with E-state index in [9.17, 15) is 5.11 Å². The van der Waals surface area contributed by atoms with Gasteiger partial charge in [-0.15, -0.1) is 0 Å². The monoisotopic (exact) mass is 325 g/mol. The lowest BCUT2D eigenvalue weighted by molar-refractivity contribution is 0.106. The highest BCUT2D eigenvalue weighted by Crippen LogP contribution is 2.27. The first-order valence-electron chi connectivity index (χ1n) is 6.65. The van der Waals surface area contributed by atoms with Gasteiger partial charge in [0, 0.05) is 18.1 Å². The molecule has 3 nitrogen and oxygen atoms in total. The Kier molecular flexibility index (Phi) is 6.33. The predicted molar refractivity (Wildman–Crippen MR) is 86.1 cm³/mol. The number of ether oxygens (including phenoxy) is 1. The van der Waals surface area contributed by atoms with E-state index in [4.69, 9.17) is 27.9 Å². The van der Waals surface area contributed by atoms with Crippen LogP contribution < -0.4 is 10.1 Å². The van der Waals surface area contributed by atoms with Gasteiger partial charge in [0.15, 0.2) is 0 Å². The second-order valence-electron chi connectivity index (χ2n) is 4.66. The Morgan fingerprint density at radius 2 is 1.86 bits per heavy atom. The third-order valence-electron chi connectivity index (χ3n) is 2.88. The molecule has 2 rings (SSSR count). The molecule has 0 saturated heterocycles. The molecule has 0 radical (unpaired) electrons. The zero-order valence-electron chi connectivity index (χ0n) is 11.4. The molecule has 0 aliphatic heterocycles. The molecule has 0 heterocycles. The van der Waals surface area contributed by atoms with Crippen LogP contribution in [-0.2, 0) is 6.54 Å². The zero-order valence-corrected chi connectivity index (χ0v) is 12.9. The van der Waals surface area contributed by atoms with Gasteiger partial charge in [0.1, 0.15) is 18.5 Å². The number of aliphatic hydroxyl groups excluding tert-OH is 1. The van der Waals surface area contributed by atoms with E-state index >= 15 is 0 Å². The summed E-state index contributed by atoms with van der Waals surface area (Å²) in [7, 11) is 0. The minimum Gasteiger partial charge on any atom is -0.489 e. The van der Waals surface area contributed by atoms with E-state index in [0.717, 1.165) is 0 Å². The van der Waals surface area contributed by atoms with Crippen molar-refractivity contribution >= 4 is 23.2 Å². The van der Waals surface area contributed by atoms with E-state index < -0.39 is 6.10 Å². The van der Waals surface area contributed by atoms with Crippen LogP contribution in [0.2, 0.25) is 10.0 Å². The number of hydrogen-bond acceptors (Lipinski definition) is 3. The van der Waals surface area contributed by atoms with Crippen LogP contribution in [0.3, 0.4) is 0 Å². The number of halogens is 2. The fourth-order valence-corrected chi connectivity index (χ4v) is 2.28. The Morgan fingerprint density at radius 1 is 1.10 bits per heavy atom. The lowest BCUT2D eigenvalue weighted by Crippen LogP contribution is -2.31. The third kappa shape index (κ3) is 5.56. The summed E-state index contributed by atoms with van der Waals surface area (Å²) < 4.78 is 5.48. The van der Waals surface area contributed by atoms with Crippen molar-refractivity contribution in [3.63, 3.8) is 0 Å². The number of rotatable bonds is 7. The van der Waals surface area contributed by atoms with Gasteiger partial charge in [-0.3, -0.25) is 0 Å². The molecule has 0 bridgehead atoms. The van der Waals surface area contributed by atoms with Crippen molar-refractivity contribution in [1.82, 2.24) is 5.32 Å². The topological polar surface area (TPSA) is 41.5 Å². The van der Waals surface area contributed by atoms with Crippen LogP contribution in [0.5, 0.6) is 5.75 Å². The van der Waals surface area contributed by atoms with Crippen LogP contribution in [0.25, 0.3) is 0 Å². The van der Waals surface area contributed by atoms with Crippen molar-refractivity contribution in [2.24, 2.45) is 0 Å². The Hall–Kier alpha value is -1.26. The first-order chi connectivity index (χ1) is 10.1. The van der Waals surface area contributed by atoms with E-state index in [1.165, 1.54) is 5.56 Å². The summed E-state index contributed by atoms with van der Waals surface area (Å²) in [6, 6.07) is 15.0. The van der Waals surface area contributed by atoms with Crippen molar-refractivity contribution in [2.75, 3.05) is 13.2 Å². The summed E-state index contributed by atoms with van der Waals surface area (Å²) in [6.45, 7) is 1.32. The molecule has 0 aromatic heterocycles. The molecule has 0 unspecified atom stereocenters. The predicted octanol–water partition coefficient (Wildman–Crippen LogP) is 3.52. The van der Waals surface area contributed by atoms with E-state index in [2.05, 4.69) is 5.32 Å². The first kappa shape index (κ1) is 16.1. The number of nitrogens with one attached hydrogen (secondary N) is 1. The SMILES string of the molecule is O[C@H](CNCc1ccccc1)COc1ccc(Cl)cc1Cl. The Bertz CT molecular complexity index is 563. The van der Waals surface area contributed by atoms with Crippen molar-refractivity contribution < 1.29 is 9.84 Å². The standard InChI is InChI=1S/C16H17Cl2NO2/c17-13-6-7-16(15(18)8-13)21-11-14(20)10-19-9-12-4-2-1-3-5-12/h1-8,14,19-20H,9-11H2/t14-/m1/s1. The molecule has 0 saturated carbocycles. The van der Waals surface area contributed by atoms with Crippen LogP contribution >= 0.6 is 23.2 Å². The Balaban J connectivity index is 1.71. The maximum atomic E-state index is 9.88. The average Bonchev–Trinajstić information content (AvgIpc) is 2.47. The smallest absolute Gasteiger partial charge is 0.138 e. The highest BCUT2D eigenvalue weighted by molar-refractivity contribution is 6.35. The summed E-state index contributed by atoms with van der Waals surface area (Å²) in [5, 5.41) is 14.0. The summed E-state index contributed by atoms with van der Waals surface area (Å²) in [5.74, 6) is 0.517. The second-order valence-corrected chi connectivity index (χ2v) is 5.50. The molecule has 0 fully saturated rings. The molecule has 5 heteroatoms. The van der Waals surface area contributed by atoms with Gasteiger partial charge in [0.25, 0.3) is 0 Å². The van der Waals surface area contributed by atoms with Crippen LogP contribution in [0.4, 0.5) is 0 Å². The number of aliphatic hydroxyl groups is 1. The Morgan fingerprint density at radius 3 is 2.57 bits per heavy atom. The quantitative estimate of drug-likeness (QED) is 0.818. The van der Waals surface area contributed by atoms with Crippen LogP contribution in [0.1, 0.15) is 5.56 Å². The highest BCUT2D eigenvalue weighted by atomic mass is 35.5. The molecule has 112 valence electrons. The van der Waals surface area contributed by atoms with Crippen LogP contribution in [0, 0.1) is 0 Å². The molecular formula is C16H17Cl2NO2. The largest absolute Gasteiger partial charge is 0.489 e. The summed E-state index contributed by atoms with van der Waals surface area (Å²) in [4.78, 5) is 0. The third-order valence-corrected chi connectivity index (χ3v) is 3.41. The molecule has 2 aromatic carbocycles. The molecule has 2 aromatic rings.